The first-order valence-corrected chi connectivity index (χ1v) is 9.61. The van der Waals surface area contributed by atoms with Crippen molar-refractivity contribution in [2.45, 2.75) is 33.4 Å². The molecule has 1 aliphatic rings. The maximum atomic E-state index is 12.5. The van der Waals surface area contributed by atoms with Crippen LogP contribution in [0.3, 0.4) is 0 Å². The van der Waals surface area contributed by atoms with Gasteiger partial charge in [0.2, 0.25) is 5.91 Å². The Balaban J connectivity index is 1.55. The second kappa shape index (κ2) is 8.96. The van der Waals surface area contributed by atoms with E-state index in [0.29, 0.717) is 36.9 Å². The lowest BCUT2D eigenvalue weighted by molar-refractivity contribution is -0.124. The van der Waals surface area contributed by atoms with Crippen molar-refractivity contribution in [3.63, 3.8) is 0 Å². The third-order valence-electron chi connectivity index (χ3n) is 5.00. The predicted octanol–water partition coefficient (Wildman–Crippen LogP) is 3.24. The van der Waals surface area contributed by atoms with Crippen molar-refractivity contribution in [3.8, 4) is 11.5 Å². The van der Waals surface area contributed by atoms with E-state index in [2.05, 4.69) is 42.7 Å². The second-order valence-electron chi connectivity index (χ2n) is 7.32. The molecule has 3 rings (SSSR count). The number of carbonyl (C=O) groups excluding carboxylic acids is 2. The first-order valence-electron chi connectivity index (χ1n) is 9.61. The summed E-state index contributed by atoms with van der Waals surface area (Å²) in [6, 6.07) is 10.3. The number of urea groups is 1. The van der Waals surface area contributed by atoms with Gasteiger partial charge in [-0.2, -0.15) is 0 Å². The lowest BCUT2D eigenvalue weighted by atomic mass is 10.0. The van der Waals surface area contributed by atoms with Crippen LogP contribution in [-0.4, -0.2) is 43.1 Å². The van der Waals surface area contributed by atoms with Crippen LogP contribution in [0, 0.1) is 13.8 Å². The number of aryl methyl sites for hydroxylation is 2. The number of rotatable bonds is 5. The number of hydrogen-bond donors (Lipinski definition) is 2. The summed E-state index contributed by atoms with van der Waals surface area (Å²) < 4.78 is 11.0. The molecule has 2 aromatic rings. The molecule has 0 fully saturated rings. The van der Waals surface area contributed by atoms with Crippen LogP contribution in [0.15, 0.2) is 36.4 Å². The fraction of sp³-hybridized carbons (Fsp3) is 0.364. The Bertz CT molecular complexity index is 913. The SMILES string of the molecule is Cc1ccc(CN(C)[C@@H](C)C(=O)NC(=O)Nc2ccc3c(c2)OCCO3)c(C)c1. The van der Waals surface area contributed by atoms with E-state index >= 15 is 0 Å². The van der Waals surface area contributed by atoms with Gasteiger partial charge in [-0.15, -0.1) is 0 Å². The molecule has 1 aliphatic heterocycles. The largest absolute Gasteiger partial charge is 0.486 e. The predicted molar refractivity (Wildman–Crippen MR) is 111 cm³/mol. The number of amides is 3. The Labute approximate surface area is 171 Å². The third kappa shape index (κ3) is 5.26. The van der Waals surface area contributed by atoms with E-state index in [-0.39, 0.29) is 5.91 Å². The van der Waals surface area contributed by atoms with Crippen molar-refractivity contribution >= 4 is 17.6 Å². The Morgan fingerprint density at radius 2 is 1.79 bits per heavy atom. The molecule has 154 valence electrons. The van der Waals surface area contributed by atoms with E-state index in [1.54, 1.807) is 25.1 Å². The molecule has 0 aromatic heterocycles. The summed E-state index contributed by atoms with van der Waals surface area (Å²) >= 11 is 0. The van der Waals surface area contributed by atoms with Crippen LogP contribution in [-0.2, 0) is 11.3 Å². The van der Waals surface area contributed by atoms with E-state index < -0.39 is 12.1 Å². The Hall–Kier alpha value is -3.06. The topological polar surface area (TPSA) is 79.9 Å². The standard InChI is InChI=1S/C22H27N3O4/c1-14-5-6-17(15(2)11-14)13-25(4)16(3)21(26)24-22(27)23-18-7-8-19-20(12-18)29-10-9-28-19/h5-8,11-12,16H,9-10,13H2,1-4H3,(H2,23,24,26,27)/t16-/m0/s1. The smallest absolute Gasteiger partial charge is 0.325 e. The average molecular weight is 397 g/mol. The summed E-state index contributed by atoms with van der Waals surface area (Å²) in [7, 11) is 1.86. The van der Waals surface area contributed by atoms with Crippen molar-refractivity contribution in [2.75, 3.05) is 25.6 Å². The maximum Gasteiger partial charge on any atom is 0.325 e. The summed E-state index contributed by atoms with van der Waals surface area (Å²) in [5.74, 6) is 0.842. The molecule has 1 heterocycles. The van der Waals surface area contributed by atoms with Gasteiger partial charge in [0.25, 0.3) is 0 Å². The Kier molecular flexibility index (Phi) is 6.39. The zero-order valence-corrected chi connectivity index (χ0v) is 17.2. The quantitative estimate of drug-likeness (QED) is 0.810. The van der Waals surface area contributed by atoms with Gasteiger partial charge >= 0.3 is 6.03 Å². The highest BCUT2D eigenvalue weighted by Gasteiger charge is 2.21. The zero-order valence-electron chi connectivity index (χ0n) is 17.2. The molecule has 7 heteroatoms. The second-order valence-corrected chi connectivity index (χ2v) is 7.32. The van der Waals surface area contributed by atoms with Crippen LogP contribution in [0.25, 0.3) is 0 Å². The number of benzene rings is 2. The van der Waals surface area contributed by atoms with E-state index in [1.807, 2.05) is 11.9 Å². The van der Waals surface area contributed by atoms with Crippen LogP contribution >= 0.6 is 0 Å². The molecule has 1 atom stereocenters. The number of imide groups is 1. The fourth-order valence-electron chi connectivity index (χ4n) is 3.13. The van der Waals surface area contributed by atoms with Crippen molar-refractivity contribution in [1.82, 2.24) is 10.2 Å². The van der Waals surface area contributed by atoms with Gasteiger partial charge in [-0.25, -0.2) is 4.79 Å². The molecule has 0 saturated heterocycles. The lowest BCUT2D eigenvalue weighted by Gasteiger charge is -2.24. The van der Waals surface area contributed by atoms with Crippen LogP contribution in [0.5, 0.6) is 11.5 Å². The van der Waals surface area contributed by atoms with E-state index in [0.717, 1.165) is 5.56 Å². The highest BCUT2D eigenvalue weighted by Crippen LogP contribution is 2.32. The van der Waals surface area contributed by atoms with Crippen molar-refractivity contribution in [2.24, 2.45) is 0 Å². The van der Waals surface area contributed by atoms with Crippen molar-refractivity contribution in [1.29, 1.82) is 0 Å². The lowest BCUT2D eigenvalue weighted by Crippen LogP contribution is -2.46. The average Bonchev–Trinajstić information content (AvgIpc) is 2.69. The number of ether oxygens (including phenoxy) is 2. The van der Waals surface area contributed by atoms with Crippen LogP contribution < -0.4 is 20.1 Å². The molecule has 0 spiro atoms. The van der Waals surface area contributed by atoms with E-state index in [4.69, 9.17) is 9.47 Å². The van der Waals surface area contributed by atoms with E-state index in [9.17, 15) is 9.59 Å². The first-order chi connectivity index (χ1) is 13.8. The molecule has 0 radical (unpaired) electrons. The van der Waals surface area contributed by atoms with E-state index in [1.165, 1.54) is 11.1 Å². The summed E-state index contributed by atoms with van der Waals surface area (Å²) in [5.41, 5.74) is 4.06. The summed E-state index contributed by atoms with van der Waals surface area (Å²) in [5, 5.41) is 5.05. The summed E-state index contributed by atoms with van der Waals surface area (Å²) in [6.45, 7) is 7.47. The Morgan fingerprint density at radius 3 is 2.52 bits per heavy atom. The third-order valence-corrected chi connectivity index (χ3v) is 5.00. The van der Waals surface area contributed by atoms with Crippen LogP contribution in [0.2, 0.25) is 0 Å². The minimum atomic E-state index is -0.585. The van der Waals surface area contributed by atoms with Crippen LogP contribution in [0.4, 0.5) is 10.5 Å². The highest BCUT2D eigenvalue weighted by molar-refractivity contribution is 6.02. The number of hydrogen-bond acceptors (Lipinski definition) is 5. The monoisotopic (exact) mass is 397 g/mol. The van der Waals surface area contributed by atoms with Crippen molar-refractivity contribution in [3.05, 3.63) is 53.1 Å². The number of nitrogens with one attached hydrogen (secondary N) is 2. The van der Waals surface area contributed by atoms with Gasteiger partial charge in [0.1, 0.15) is 13.2 Å². The first kappa shape index (κ1) is 20.7. The number of carbonyl (C=O) groups is 2. The molecule has 0 unspecified atom stereocenters. The van der Waals surface area contributed by atoms with Gasteiger partial charge in [0.05, 0.1) is 6.04 Å². The molecular formula is C22H27N3O4. The van der Waals surface area contributed by atoms with Gasteiger partial charge in [-0.3, -0.25) is 15.0 Å². The minimum Gasteiger partial charge on any atom is -0.486 e. The Morgan fingerprint density at radius 1 is 1.07 bits per heavy atom. The van der Waals surface area contributed by atoms with Gasteiger partial charge < -0.3 is 14.8 Å². The molecule has 0 aliphatic carbocycles. The molecule has 3 amide bonds. The number of fused-ring (bicyclic) bond motifs is 1. The molecule has 0 bridgehead atoms. The minimum absolute atomic E-state index is 0.368. The molecule has 29 heavy (non-hydrogen) atoms. The van der Waals surface area contributed by atoms with Crippen molar-refractivity contribution < 1.29 is 19.1 Å². The molecule has 7 nitrogen and oxygen atoms in total. The summed E-state index contributed by atoms with van der Waals surface area (Å²) in [6.07, 6.45) is 0. The van der Waals surface area contributed by atoms with Gasteiger partial charge in [0, 0.05) is 18.3 Å². The van der Waals surface area contributed by atoms with Crippen LogP contribution in [0.1, 0.15) is 23.6 Å². The van der Waals surface area contributed by atoms with Gasteiger partial charge in [-0.05, 0) is 51.1 Å². The number of anilines is 1. The zero-order chi connectivity index (χ0) is 21.0. The molecule has 2 N–H and O–H groups in total. The normalized spacial score (nSPS) is 13.7. The molecule has 2 aromatic carbocycles. The number of likely N-dealkylation sites (N-methyl/N-ethyl adjacent to an activating group) is 1. The fourth-order valence-corrected chi connectivity index (χ4v) is 3.13. The molecule has 0 saturated carbocycles. The van der Waals surface area contributed by atoms with Gasteiger partial charge in [-0.1, -0.05) is 23.8 Å². The summed E-state index contributed by atoms with van der Waals surface area (Å²) in [4.78, 5) is 26.6. The maximum absolute atomic E-state index is 12.5. The molecular weight excluding hydrogens is 370 g/mol. The highest BCUT2D eigenvalue weighted by atomic mass is 16.6. The van der Waals surface area contributed by atoms with Gasteiger partial charge in [0.15, 0.2) is 11.5 Å². The number of nitrogens with zero attached hydrogens (tertiary/aromatic N) is 1.